The molecule has 0 bridgehead atoms. The van der Waals surface area contributed by atoms with E-state index in [4.69, 9.17) is 9.26 Å². The Bertz CT molecular complexity index is 1260. The van der Waals surface area contributed by atoms with E-state index in [2.05, 4.69) is 5.16 Å². The maximum absolute atomic E-state index is 11.9. The number of rotatable bonds is 4. The molecule has 1 heterocycles. The number of carbonyl (C=O) groups is 1. The van der Waals surface area contributed by atoms with Gasteiger partial charge < -0.3 is 9.26 Å². The fourth-order valence-electron chi connectivity index (χ4n) is 3.18. The Balaban J connectivity index is 1.85. The molecule has 0 saturated carbocycles. The summed E-state index contributed by atoms with van der Waals surface area (Å²) in [5, 5.41) is 16.4. The van der Waals surface area contributed by atoms with E-state index < -0.39 is 5.97 Å². The zero-order valence-electron chi connectivity index (χ0n) is 15.2. The molecule has 4 rings (SSSR count). The highest BCUT2D eigenvalue weighted by molar-refractivity contribution is 6.03. The van der Waals surface area contributed by atoms with Gasteiger partial charge in [0.2, 0.25) is 0 Å². The molecule has 0 saturated heterocycles. The minimum absolute atomic E-state index is 0.0515. The second kappa shape index (κ2) is 7.37. The van der Waals surface area contributed by atoms with Crippen LogP contribution in [-0.4, -0.2) is 17.7 Å². The van der Waals surface area contributed by atoms with Crippen molar-refractivity contribution in [3.05, 3.63) is 71.8 Å². The molecule has 28 heavy (non-hydrogen) atoms. The largest absolute Gasteiger partial charge is 0.462 e. The summed E-state index contributed by atoms with van der Waals surface area (Å²) in [5.41, 5.74) is 2.29. The molecule has 0 aliphatic heterocycles. The quantitative estimate of drug-likeness (QED) is 0.284. The lowest BCUT2D eigenvalue weighted by Gasteiger charge is -2.04. The summed E-state index contributed by atoms with van der Waals surface area (Å²) in [6.45, 7) is 1.92. The van der Waals surface area contributed by atoms with Gasteiger partial charge in [0.1, 0.15) is 17.2 Å². The Morgan fingerprint density at radius 2 is 1.96 bits per heavy atom. The molecule has 1 aromatic heterocycles. The summed E-state index contributed by atoms with van der Waals surface area (Å²) in [6, 6.07) is 21.4. The number of ether oxygens (including phenoxy) is 1. The second-order valence-electron chi connectivity index (χ2n) is 6.21. The van der Waals surface area contributed by atoms with E-state index in [9.17, 15) is 10.1 Å². The van der Waals surface area contributed by atoms with Crippen molar-refractivity contribution in [1.29, 1.82) is 5.26 Å². The van der Waals surface area contributed by atoms with Crippen LogP contribution in [0.4, 0.5) is 0 Å². The first kappa shape index (κ1) is 17.5. The topological polar surface area (TPSA) is 76.1 Å². The van der Waals surface area contributed by atoms with Crippen molar-refractivity contribution in [2.75, 3.05) is 6.61 Å². The maximum atomic E-state index is 11.9. The summed E-state index contributed by atoms with van der Waals surface area (Å²) in [6.07, 6.45) is 1.51. The molecular weight excluding hydrogens is 352 g/mol. The highest BCUT2D eigenvalue weighted by atomic mass is 16.5. The van der Waals surface area contributed by atoms with Crippen LogP contribution in [-0.2, 0) is 9.53 Å². The summed E-state index contributed by atoms with van der Waals surface area (Å²) in [7, 11) is 0. The van der Waals surface area contributed by atoms with E-state index in [1.165, 1.54) is 6.08 Å². The number of fused-ring (bicyclic) bond motifs is 2. The van der Waals surface area contributed by atoms with Crippen LogP contribution in [0.2, 0.25) is 0 Å². The third kappa shape index (κ3) is 3.12. The van der Waals surface area contributed by atoms with Crippen LogP contribution in [0.1, 0.15) is 12.5 Å². The molecule has 136 valence electrons. The van der Waals surface area contributed by atoms with E-state index in [1.54, 1.807) is 19.1 Å². The minimum atomic E-state index is -0.635. The van der Waals surface area contributed by atoms with Gasteiger partial charge in [0.15, 0.2) is 5.76 Å². The monoisotopic (exact) mass is 368 g/mol. The van der Waals surface area contributed by atoms with E-state index in [0.29, 0.717) is 16.8 Å². The first-order valence-electron chi connectivity index (χ1n) is 8.87. The van der Waals surface area contributed by atoms with Crippen molar-refractivity contribution >= 4 is 33.7 Å². The Morgan fingerprint density at radius 1 is 1.14 bits per heavy atom. The van der Waals surface area contributed by atoms with Crippen LogP contribution in [0, 0.1) is 11.3 Å². The van der Waals surface area contributed by atoms with Gasteiger partial charge in [0, 0.05) is 5.56 Å². The van der Waals surface area contributed by atoms with Crippen LogP contribution >= 0.6 is 0 Å². The van der Waals surface area contributed by atoms with Crippen LogP contribution in [0.25, 0.3) is 39.1 Å². The third-order valence-electron chi connectivity index (χ3n) is 4.46. The summed E-state index contributed by atoms with van der Waals surface area (Å²) < 4.78 is 10.6. The second-order valence-corrected chi connectivity index (χ2v) is 6.21. The van der Waals surface area contributed by atoms with Crippen molar-refractivity contribution in [2.45, 2.75) is 6.92 Å². The third-order valence-corrected chi connectivity index (χ3v) is 4.46. The van der Waals surface area contributed by atoms with Gasteiger partial charge in [-0.15, -0.1) is 0 Å². The van der Waals surface area contributed by atoms with Crippen LogP contribution in [0.3, 0.4) is 0 Å². The Labute approximate surface area is 161 Å². The average molecular weight is 368 g/mol. The molecule has 0 amide bonds. The van der Waals surface area contributed by atoms with Gasteiger partial charge in [-0.1, -0.05) is 53.7 Å². The van der Waals surface area contributed by atoms with Crippen molar-refractivity contribution < 1.29 is 14.1 Å². The van der Waals surface area contributed by atoms with Crippen molar-refractivity contribution in [3.63, 3.8) is 0 Å². The average Bonchev–Trinajstić information content (AvgIpc) is 3.14. The van der Waals surface area contributed by atoms with Gasteiger partial charge in [-0.05, 0) is 41.5 Å². The molecule has 0 aliphatic rings. The molecule has 0 unspecified atom stereocenters. The number of aromatic nitrogens is 1. The lowest BCUT2D eigenvalue weighted by atomic mass is 10.00. The van der Waals surface area contributed by atoms with Crippen LogP contribution in [0.15, 0.2) is 70.8 Å². The Hall–Kier alpha value is -3.91. The van der Waals surface area contributed by atoms with Gasteiger partial charge >= 0.3 is 5.97 Å². The molecule has 0 radical (unpaired) electrons. The zero-order valence-corrected chi connectivity index (χ0v) is 15.2. The van der Waals surface area contributed by atoms with Gasteiger partial charge in [-0.3, -0.25) is 0 Å². The van der Waals surface area contributed by atoms with Gasteiger partial charge in [-0.25, -0.2) is 4.79 Å². The standard InChI is InChI=1S/C23H16N2O3/c1-2-27-23(26)17(14-24)12-15-10-11-21-20(13-15)22(28-25-21)19-9-5-7-16-6-3-4-8-18(16)19/h3-13H,2H2,1H3/b17-12-. The molecule has 5 nitrogen and oxygen atoms in total. The van der Waals surface area contributed by atoms with Gasteiger partial charge in [0.25, 0.3) is 0 Å². The fourth-order valence-corrected chi connectivity index (χ4v) is 3.18. The summed E-state index contributed by atoms with van der Waals surface area (Å²) >= 11 is 0. The molecule has 0 N–H and O–H groups in total. The van der Waals surface area contributed by atoms with E-state index >= 15 is 0 Å². The Kier molecular flexibility index (Phi) is 4.61. The first-order valence-corrected chi connectivity index (χ1v) is 8.87. The lowest BCUT2D eigenvalue weighted by molar-refractivity contribution is -0.137. The number of nitriles is 1. The molecule has 4 aromatic rings. The van der Waals surface area contributed by atoms with E-state index in [1.807, 2.05) is 54.6 Å². The molecular formula is C23H16N2O3. The molecule has 0 fully saturated rings. The summed E-state index contributed by atoms with van der Waals surface area (Å²) in [5.74, 6) is 0.0152. The molecule has 0 atom stereocenters. The maximum Gasteiger partial charge on any atom is 0.348 e. The minimum Gasteiger partial charge on any atom is -0.462 e. The van der Waals surface area contributed by atoms with Crippen LogP contribution in [0.5, 0.6) is 0 Å². The highest BCUT2D eigenvalue weighted by Gasteiger charge is 2.15. The molecule has 3 aromatic carbocycles. The predicted molar refractivity (Wildman–Crippen MR) is 107 cm³/mol. The SMILES string of the molecule is CCOC(=O)/C(C#N)=C\c1ccc2noc(-c3cccc4ccccc34)c2c1. The fraction of sp³-hybridized carbons (Fsp3) is 0.0870. The molecule has 0 spiro atoms. The number of hydrogen-bond acceptors (Lipinski definition) is 5. The summed E-state index contributed by atoms with van der Waals surface area (Å²) in [4.78, 5) is 11.9. The number of benzene rings is 3. The first-order chi connectivity index (χ1) is 13.7. The smallest absolute Gasteiger partial charge is 0.348 e. The Morgan fingerprint density at radius 3 is 2.79 bits per heavy atom. The molecule has 0 aliphatic carbocycles. The van der Waals surface area contributed by atoms with Crippen molar-refractivity contribution in [3.8, 4) is 17.4 Å². The van der Waals surface area contributed by atoms with Gasteiger partial charge in [-0.2, -0.15) is 5.26 Å². The lowest BCUT2D eigenvalue weighted by Crippen LogP contribution is -2.05. The highest BCUT2D eigenvalue weighted by Crippen LogP contribution is 2.34. The number of hydrogen-bond donors (Lipinski definition) is 0. The predicted octanol–water partition coefficient (Wildman–Crippen LogP) is 5.12. The van der Waals surface area contributed by atoms with Crippen molar-refractivity contribution in [2.24, 2.45) is 0 Å². The number of carbonyl (C=O) groups excluding carboxylic acids is 1. The van der Waals surface area contributed by atoms with Crippen molar-refractivity contribution in [1.82, 2.24) is 5.16 Å². The van der Waals surface area contributed by atoms with Gasteiger partial charge in [0.05, 0.1) is 12.0 Å². The van der Waals surface area contributed by atoms with E-state index in [-0.39, 0.29) is 12.2 Å². The van der Waals surface area contributed by atoms with E-state index in [0.717, 1.165) is 21.7 Å². The van der Waals surface area contributed by atoms with Crippen LogP contribution < -0.4 is 0 Å². The normalized spacial score (nSPS) is 11.5. The molecule has 5 heteroatoms. The number of nitrogens with zero attached hydrogens (tertiary/aromatic N) is 2. The number of esters is 1. The zero-order chi connectivity index (χ0) is 19.5.